The van der Waals surface area contributed by atoms with Gasteiger partial charge in [0.05, 0.1) is 17.9 Å². The minimum absolute atomic E-state index is 0.0959. The second kappa shape index (κ2) is 12.7. The van der Waals surface area contributed by atoms with Crippen LogP contribution in [0.3, 0.4) is 0 Å². The number of amides is 2. The molecule has 0 radical (unpaired) electrons. The molecule has 160 valence electrons. The van der Waals surface area contributed by atoms with Crippen molar-refractivity contribution in [1.82, 2.24) is 0 Å². The number of hydrogen-bond donors (Lipinski definition) is 0. The van der Waals surface area contributed by atoms with Crippen molar-refractivity contribution in [2.75, 3.05) is 43.2 Å². The minimum atomic E-state index is -0.523. The molecular weight excluding hydrogens is 372 g/mol. The maximum atomic E-state index is 12.6. The zero-order valence-corrected chi connectivity index (χ0v) is 17.9. The summed E-state index contributed by atoms with van der Waals surface area (Å²) in [6.07, 6.45) is 4.57. The normalized spacial score (nSPS) is 10.3. The topological polar surface area (TPSA) is 76.2 Å². The number of benzene rings is 1. The predicted octanol–water partition coefficient (Wildman–Crippen LogP) is 3.57. The van der Waals surface area contributed by atoms with Crippen LogP contribution in [-0.2, 0) is 19.1 Å². The van der Waals surface area contributed by atoms with Gasteiger partial charge in [0, 0.05) is 32.8 Å². The number of anilines is 2. The average molecular weight is 405 g/mol. The summed E-state index contributed by atoms with van der Waals surface area (Å²) in [4.78, 5) is 39.8. The third-order valence-corrected chi connectivity index (χ3v) is 4.39. The number of allylic oxidation sites excluding steroid dienone is 1. The Hall–Kier alpha value is -2.67. The molecule has 2 amide bonds. The molecule has 29 heavy (non-hydrogen) atoms. The Balaban J connectivity index is 3.03. The largest absolute Gasteiger partial charge is 0.462 e. The molecule has 0 aromatic heterocycles. The van der Waals surface area contributed by atoms with Gasteiger partial charge in [0.2, 0.25) is 5.91 Å². The van der Waals surface area contributed by atoms with Crippen LogP contribution in [0.25, 0.3) is 0 Å². The van der Waals surface area contributed by atoms with Crippen LogP contribution in [0.15, 0.2) is 30.9 Å². The van der Waals surface area contributed by atoms with Crippen LogP contribution in [-0.4, -0.2) is 51.2 Å². The van der Waals surface area contributed by atoms with Crippen molar-refractivity contribution in [3.63, 3.8) is 0 Å². The van der Waals surface area contributed by atoms with E-state index in [1.807, 2.05) is 13.0 Å². The number of hydrogen-bond acceptors (Lipinski definition) is 5. The molecule has 0 saturated carbocycles. The van der Waals surface area contributed by atoms with Gasteiger partial charge in [-0.25, -0.2) is 4.79 Å². The second-order valence-corrected chi connectivity index (χ2v) is 6.47. The lowest BCUT2D eigenvalue weighted by Gasteiger charge is -2.24. The second-order valence-electron chi connectivity index (χ2n) is 6.47. The van der Waals surface area contributed by atoms with E-state index in [-0.39, 0.29) is 30.6 Å². The maximum absolute atomic E-state index is 12.6. The van der Waals surface area contributed by atoms with Gasteiger partial charge in [-0.3, -0.25) is 9.59 Å². The van der Waals surface area contributed by atoms with Gasteiger partial charge < -0.3 is 19.3 Å². The lowest BCUT2D eigenvalue weighted by Crippen LogP contribution is -2.33. The van der Waals surface area contributed by atoms with Crippen molar-refractivity contribution >= 4 is 29.2 Å². The van der Waals surface area contributed by atoms with Crippen molar-refractivity contribution in [2.24, 2.45) is 0 Å². The quantitative estimate of drug-likeness (QED) is 0.302. The number of esters is 1. The predicted molar refractivity (Wildman–Crippen MR) is 114 cm³/mol. The molecule has 0 saturated heterocycles. The van der Waals surface area contributed by atoms with Crippen molar-refractivity contribution in [1.29, 1.82) is 0 Å². The molecule has 0 unspecified atom stereocenters. The molecule has 7 nitrogen and oxygen atoms in total. The number of carbonyl (C=O) groups is 3. The fraction of sp³-hybridized carbons (Fsp3) is 0.500. The lowest BCUT2D eigenvalue weighted by atomic mass is 10.1. The van der Waals surface area contributed by atoms with Gasteiger partial charge in [0.15, 0.2) is 0 Å². The molecule has 0 N–H and O–H groups in total. The maximum Gasteiger partial charge on any atom is 0.340 e. The van der Waals surface area contributed by atoms with E-state index >= 15 is 0 Å². The molecule has 1 aromatic carbocycles. The number of rotatable bonds is 12. The Morgan fingerprint density at radius 1 is 1.17 bits per heavy atom. The van der Waals surface area contributed by atoms with Crippen LogP contribution in [0, 0.1) is 0 Å². The summed E-state index contributed by atoms with van der Waals surface area (Å²) in [6.45, 7) is 9.79. The number of unbranched alkanes of at least 4 members (excludes halogenated alkanes) is 2. The number of carbonyl (C=O) groups excluding carboxylic acids is 3. The van der Waals surface area contributed by atoms with Crippen molar-refractivity contribution in [3.8, 4) is 0 Å². The first-order chi connectivity index (χ1) is 13.9. The minimum Gasteiger partial charge on any atom is -0.462 e. The first kappa shape index (κ1) is 24.4. The molecule has 0 fully saturated rings. The van der Waals surface area contributed by atoms with E-state index in [9.17, 15) is 14.4 Å². The van der Waals surface area contributed by atoms with E-state index in [1.54, 1.807) is 37.1 Å². The summed E-state index contributed by atoms with van der Waals surface area (Å²) in [5.74, 6) is -0.939. The van der Waals surface area contributed by atoms with Crippen molar-refractivity contribution in [3.05, 3.63) is 36.4 Å². The Kier molecular flexibility index (Phi) is 10.7. The molecule has 1 aromatic rings. The van der Waals surface area contributed by atoms with Crippen LogP contribution < -0.4 is 9.80 Å². The Morgan fingerprint density at radius 3 is 2.48 bits per heavy atom. The molecular formula is C22H32N2O5. The summed E-state index contributed by atoms with van der Waals surface area (Å²) in [6, 6.07) is 4.91. The molecule has 7 heteroatoms. The standard InChI is InChI=1S/C22H32N2O5/c1-6-9-10-11-14-28-16-21(26)23(5)20-15-18(24(7-2)17(4)25)12-13-19(20)22(27)29-8-3/h6,12-13,15H,1,7-11,14,16H2,2-5H3. The average Bonchev–Trinajstić information content (AvgIpc) is 2.70. The van der Waals surface area contributed by atoms with Crippen LogP contribution in [0.2, 0.25) is 0 Å². The first-order valence-corrected chi connectivity index (χ1v) is 9.91. The van der Waals surface area contributed by atoms with Crippen LogP contribution >= 0.6 is 0 Å². The summed E-state index contributed by atoms with van der Waals surface area (Å²) < 4.78 is 10.6. The lowest BCUT2D eigenvalue weighted by molar-refractivity contribution is -0.122. The monoisotopic (exact) mass is 404 g/mol. The van der Waals surface area contributed by atoms with Gasteiger partial charge in [0.25, 0.3) is 5.91 Å². The zero-order chi connectivity index (χ0) is 21.8. The fourth-order valence-electron chi connectivity index (χ4n) is 2.82. The molecule has 0 aliphatic rings. The van der Waals surface area contributed by atoms with Crippen LogP contribution in [0.1, 0.15) is 50.4 Å². The highest BCUT2D eigenvalue weighted by Crippen LogP contribution is 2.27. The van der Waals surface area contributed by atoms with Crippen molar-refractivity contribution < 1.29 is 23.9 Å². The Labute approximate surface area is 173 Å². The smallest absolute Gasteiger partial charge is 0.340 e. The van der Waals surface area contributed by atoms with E-state index in [0.717, 1.165) is 19.3 Å². The first-order valence-electron chi connectivity index (χ1n) is 9.91. The summed E-state index contributed by atoms with van der Waals surface area (Å²) in [5.41, 5.74) is 1.24. The van der Waals surface area contributed by atoms with Gasteiger partial charge in [-0.05, 0) is 51.3 Å². The van der Waals surface area contributed by atoms with E-state index in [0.29, 0.717) is 24.5 Å². The molecule has 0 aliphatic carbocycles. The molecule has 1 rings (SSSR count). The van der Waals surface area contributed by atoms with Crippen molar-refractivity contribution in [2.45, 2.75) is 40.0 Å². The Morgan fingerprint density at radius 2 is 1.90 bits per heavy atom. The number of nitrogens with zero attached hydrogens (tertiary/aromatic N) is 2. The zero-order valence-electron chi connectivity index (χ0n) is 17.9. The van der Waals surface area contributed by atoms with Gasteiger partial charge in [-0.2, -0.15) is 0 Å². The van der Waals surface area contributed by atoms with E-state index in [4.69, 9.17) is 9.47 Å². The number of likely N-dealkylation sites (N-methyl/N-ethyl adjacent to an activating group) is 1. The highest BCUT2D eigenvalue weighted by molar-refractivity contribution is 6.04. The highest BCUT2D eigenvalue weighted by Gasteiger charge is 2.22. The van der Waals surface area contributed by atoms with E-state index in [2.05, 4.69) is 6.58 Å². The van der Waals surface area contributed by atoms with Gasteiger partial charge in [-0.1, -0.05) is 6.08 Å². The van der Waals surface area contributed by atoms with E-state index < -0.39 is 5.97 Å². The summed E-state index contributed by atoms with van der Waals surface area (Å²) >= 11 is 0. The molecule has 0 bridgehead atoms. The molecule has 0 aliphatic heterocycles. The van der Waals surface area contributed by atoms with Gasteiger partial charge >= 0.3 is 5.97 Å². The Bertz CT molecular complexity index is 717. The van der Waals surface area contributed by atoms with Crippen LogP contribution in [0.5, 0.6) is 0 Å². The van der Waals surface area contributed by atoms with Gasteiger partial charge in [-0.15, -0.1) is 6.58 Å². The van der Waals surface area contributed by atoms with Crippen LogP contribution in [0.4, 0.5) is 11.4 Å². The third-order valence-electron chi connectivity index (χ3n) is 4.39. The number of ether oxygens (including phenoxy) is 2. The fourth-order valence-corrected chi connectivity index (χ4v) is 2.82. The molecule has 0 spiro atoms. The summed E-state index contributed by atoms with van der Waals surface area (Å²) in [5, 5.41) is 0. The molecule has 0 heterocycles. The van der Waals surface area contributed by atoms with Gasteiger partial charge in [0.1, 0.15) is 6.61 Å². The van der Waals surface area contributed by atoms with E-state index in [1.165, 1.54) is 11.8 Å². The summed E-state index contributed by atoms with van der Waals surface area (Å²) in [7, 11) is 1.58. The molecule has 0 atom stereocenters. The highest BCUT2D eigenvalue weighted by atomic mass is 16.5. The third kappa shape index (κ3) is 7.34. The SMILES string of the molecule is C=CCCCCOCC(=O)N(C)c1cc(N(CC)C(C)=O)ccc1C(=O)OCC.